The molecule has 3 rings (SSSR count). The summed E-state index contributed by atoms with van der Waals surface area (Å²) in [6.07, 6.45) is 1.32. The van der Waals surface area contributed by atoms with Crippen molar-refractivity contribution in [3.05, 3.63) is 65.2 Å². The lowest BCUT2D eigenvalue weighted by Gasteiger charge is -2.38. The summed E-state index contributed by atoms with van der Waals surface area (Å²) in [5.74, 6) is 2.77. The van der Waals surface area contributed by atoms with Crippen LogP contribution >= 0.6 is 11.8 Å². The first-order chi connectivity index (χ1) is 12.4. The summed E-state index contributed by atoms with van der Waals surface area (Å²) < 4.78 is 6.08. The minimum Gasteiger partial charge on any atom is -0.487 e. The number of aryl methyl sites for hydroxylation is 1. The van der Waals surface area contributed by atoms with Crippen molar-refractivity contribution in [1.82, 2.24) is 5.32 Å². The van der Waals surface area contributed by atoms with Crippen molar-refractivity contribution in [3.8, 4) is 5.75 Å². The van der Waals surface area contributed by atoms with Crippen LogP contribution in [0.15, 0.2) is 48.5 Å². The highest BCUT2D eigenvalue weighted by Gasteiger charge is 2.34. The third-order valence-corrected chi connectivity index (χ3v) is 5.57. The molecule has 0 fully saturated rings. The van der Waals surface area contributed by atoms with Crippen molar-refractivity contribution in [2.45, 2.75) is 51.0 Å². The van der Waals surface area contributed by atoms with E-state index in [-0.39, 0.29) is 17.6 Å². The predicted molar refractivity (Wildman–Crippen MR) is 109 cm³/mol. The van der Waals surface area contributed by atoms with Crippen molar-refractivity contribution in [2.75, 3.05) is 5.75 Å². The Balaban J connectivity index is 1.54. The first-order valence-corrected chi connectivity index (χ1v) is 10.3. The van der Waals surface area contributed by atoms with Crippen LogP contribution in [-0.4, -0.2) is 17.3 Å². The molecule has 138 valence electrons. The van der Waals surface area contributed by atoms with E-state index in [9.17, 15) is 4.79 Å². The lowest BCUT2D eigenvalue weighted by atomic mass is 9.89. The Hall–Kier alpha value is -1.94. The fourth-order valence-electron chi connectivity index (χ4n) is 3.30. The van der Waals surface area contributed by atoms with Gasteiger partial charge in [0.15, 0.2) is 0 Å². The van der Waals surface area contributed by atoms with Crippen molar-refractivity contribution >= 4 is 17.7 Å². The number of thioether (sulfide) groups is 1. The highest BCUT2D eigenvalue weighted by Crippen LogP contribution is 2.39. The fourth-order valence-corrected chi connectivity index (χ4v) is 4.20. The second-order valence-electron chi connectivity index (χ2n) is 7.52. The quantitative estimate of drug-likeness (QED) is 0.725. The van der Waals surface area contributed by atoms with Gasteiger partial charge in [0.2, 0.25) is 5.91 Å². The Kier molecular flexibility index (Phi) is 5.92. The van der Waals surface area contributed by atoms with E-state index in [0.717, 1.165) is 29.2 Å². The van der Waals surface area contributed by atoms with Gasteiger partial charge in [-0.15, -0.1) is 0 Å². The molecule has 1 N–H and O–H groups in total. The number of fused-ring (bicyclic) bond motifs is 1. The summed E-state index contributed by atoms with van der Waals surface area (Å²) in [6.45, 7) is 6.22. The molecule has 1 heterocycles. The number of nitrogens with one attached hydrogen (secondary N) is 1. The van der Waals surface area contributed by atoms with E-state index in [1.165, 1.54) is 11.1 Å². The van der Waals surface area contributed by atoms with E-state index in [1.807, 2.05) is 12.1 Å². The van der Waals surface area contributed by atoms with Gasteiger partial charge in [-0.3, -0.25) is 4.79 Å². The number of carbonyl (C=O) groups excluding carboxylic acids is 1. The van der Waals surface area contributed by atoms with Gasteiger partial charge >= 0.3 is 0 Å². The largest absolute Gasteiger partial charge is 0.487 e. The molecule has 2 aromatic carbocycles. The molecule has 2 aromatic rings. The Morgan fingerprint density at radius 3 is 2.77 bits per heavy atom. The molecular formula is C22H27NO2S. The zero-order valence-electron chi connectivity index (χ0n) is 15.7. The Morgan fingerprint density at radius 1 is 1.23 bits per heavy atom. The maximum Gasteiger partial charge on any atom is 0.221 e. The Bertz CT molecular complexity index is 758. The van der Waals surface area contributed by atoms with E-state index in [4.69, 9.17) is 4.74 Å². The van der Waals surface area contributed by atoms with Crippen LogP contribution in [0, 0.1) is 6.92 Å². The lowest BCUT2D eigenvalue weighted by Crippen LogP contribution is -2.41. The number of hydrogen-bond acceptors (Lipinski definition) is 3. The second kappa shape index (κ2) is 8.17. The standard InChI is InChI=1S/C22H27NO2S/c1-16-9-10-20-18(13-16)19(14-22(2,3)25-20)23-21(24)11-12-26-15-17-7-5-4-6-8-17/h4-10,13,19H,11-12,14-15H2,1-3H3,(H,23,24). The number of carbonyl (C=O) groups is 1. The summed E-state index contributed by atoms with van der Waals surface area (Å²) in [5, 5.41) is 3.22. The van der Waals surface area contributed by atoms with Crippen LogP contribution in [0.25, 0.3) is 0 Å². The normalized spacial score (nSPS) is 17.9. The molecule has 1 amide bonds. The molecule has 0 saturated heterocycles. The summed E-state index contributed by atoms with van der Waals surface area (Å²) in [5.41, 5.74) is 3.30. The van der Waals surface area contributed by atoms with E-state index in [0.29, 0.717) is 6.42 Å². The van der Waals surface area contributed by atoms with Crippen LogP contribution in [0.2, 0.25) is 0 Å². The number of rotatable bonds is 6. The van der Waals surface area contributed by atoms with Crippen LogP contribution in [-0.2, 0) is 10.5 Å². The molecule has 1 unspecified atom stereocenters. The average Bonchev–Trinajstić information content (AvgIpc) is 2.60. The number of benzene rings is 2. The van der Waals surface area contributed by atoms with E-state index in [2.05, 4.69) is 62.5 Å². The van der Waals surface area contributed by atoms with Crippen molar-refractivity contribution in [3.63, 3.8) is 0 Å². The highest BCUT2D eigenvalue weighted by molar-refractivity contribution is 7.98. The molecule has 0 aliphatic carbocycles. The molecule has 0 spiro atoms. The molecule has 1 aliphatic heterocycles. The van der Waals surface area contributed by atoms with E-state index >= 15 is 0 Å². The van der Waals surface area contributed by atoms with Gasteiger partial charge < -0.3 is 10.1 Å². The minimum absolute atomic E-state index is 0.0141. The first-order valence-electron chi connectivity index (χ1n) is 9.13. The topological polar surface area (TPSA) is 38.3 Å². The highest BCUT2D eigenvalue weighted by atomic mass is 32.2. The van der Waals surface area contributed by atoms with Crippen LogP contribution < -0.4 is 10.1 Å². The van der Waals surface area contributed by atoms with Gasteiger partial charge in [-0.1, -0.05) is 48.0 Å². The smallest absolute Gasteiger partial charge is 0.221 e. The summed E-state index contributed by atoms with van der Waals surface area (Å²) >= 11 is 1.80. The molecule has 1 atom stereocenters. The minimum atomic E-state index is -0.276. The molecule has 3 nitrogen and oxygen atoms in total. The molecular weight excluding hydrogens is 342 g/mol. The van der Waals surface area contributed by atoms with Gasteiger partial charge in [0.05, 0.1) is 6.04 Å². The fraction of sp³-hybridized carbons (Fsp3) is 0.409. The molecule has 0 aromatic heterocycles. The SMILES string of the molecule is Cc1ccc2c(c1)C(NC(=O)CCSCc1ccccc1)CC(C)(C)O2. The van der Waals surface area contributed by atoms with Crippen molar-refractivity contribution in [1.29, 1.82) is 0 Å². The van der Waals surface area contributed by atoms with Gasteiger partial charge in [0.25, 0.3) is 0 Å². The van der Waals surface area contributed by atoms with Crippen LogP contribution in [0.4, 0.5) is 0 Å². The summed E-state index contributed by atoms with van der Waals surface area (Å²) in [4.78, 5) is 12.5. The van der Waals surface area contributed by atoms with Gasteiger partial charge in [0, 0.05) is 29.9 Å². The van der Waals surface area contributed by atoms with E-state index < -0.39 is 0 Å². The van der Waals surface area contributed by atoms with Crippen LogP contribution in [0.3, 0.4) is 0 Å². The third kappa shape index (κ3) is 5.04. The molecule has 1 aliphatic rings. The zero-order chi connectivity index (χ0) is 18.6. The number of amides is 1. The molecule has 4 heteroatoms. The average molecular weight is 370 g/mol. The molecule has 0 bridgehead atoms. The Labute approximate surface area is 160 Å². The molecule has 26 heavy (non-hydrogen) atoms. The van der Waals surface area contributed by atoms with Crippen molar-refractivity contribution in [2.24, 2.45) is 0 Å². The van der Waals surface area contributed by atoms with Crippen LogP contribution in [0.1, 0.15) is 49.4 Å². The van der Waals surface area contributed by atoms with E-state index in [1.54, 1.807) is 11.8 Å². The maximum atomic E-state index is 12.5. The zero-order valence-corrected chi connectivity index (χ0v) is 16.6. The first kappa shape index (κ1) is 18.8. The third-order valence-electron chi connectivity index (χ3n) is 4.54. The number of ether oxygens (including phenoxy) is 1. The Morgan fingerprint density at radius 2 is 2.00 bits per heavy atom. The number of hydrogen-bond donors (Lipinski definition) is 1. The maximum absolute atomic E-state index is 12.5. The van der Waals surface area contributed by atoms with Gasteiger partial charge in [-0.2, -0.15) is 11.8 Å². The monoisotopic (exact) mass is 369 g/mol. The van der Waals surface area contributed by atoms with Crippen molar-refractivity contribution < 1.29 is 9.53 Å². The van der Waals surface area contributed by atoms with Gasteiger partial charge in [-0.25, -0.2) is 0 Å². The molecule has 0 radical (unpaired) electrons. The van der Waals surface area contributed by atoms with Gasteiger partial charge in [-0.05, 0) is 32.4 Å². The summed E-state index contributed by atoms with van der Waals surface area (Å²) in [7, 11) is 0. The van der Waals surface area contributed by atoms with Gasteiger partial charge in [0.1, 0.15) is 11.4 Å². The molecule has 0 saturated carbocycles. The summed E-state index contributed by atoms with van der Waals surface area (Å²) in [6, 6.07) is 16.6. The van der Waals surface area contributed by atoms with Crippen LogP contribution in [0.5, 0.6) is 5.75 Å². The predicted octanol–water partition coefficient (Wildman–Crippen LogP) is 5.04. The second-order valence-corrected chi connectivity index (χ2v) is 8.62. The lowest BCUT2D eigenvalue weighted by molar-refractivity contribution is -0.121.